The number of thiophene rings is 1. The number of H-pyrrole nitrogens is 1. The van der Waals surface area contributed by atoms with Crippen LogP contribution in [0.4, 0.5) is 5.69 Å². The molecule has 0 unspecified atom stereocenters. The van der Waals surface area contributed by atoms with Crippen molar-refractivity contribution in [3.8, 4) is 11.4 Å². The summed E-state index contributed by atoms with van der Waals surface area (Å²) in [5.41, 5.74) is 3.52. The minimum Gasteiger partial charge on any atom is -0.337 e. The number of rotatable bonds is 4. The summed E-state index contributed by atoms with van der Waals surface area (Å²) in [6, 6.07) is 13.4. The molecule has 0 spiro atoms. The molecule has 4 aromatic rings. The Morgan fingerprint density at radius 3 is 2.79 bits per heavy atom. The number of aromatic amines is 1. The SMILES string of the molecule is O=C(Cc1cccs1)Nc1ccc(-c2nc3ccncc3[nH]2)cc1. The molecule has 3 heterocycles. The van der Waals surface area contributed by atoms with Gasteiger partial charge in [-0.05, 0) is 41.8 Å². The number of carbonyl (C=O) groups excluding carboxylic acids is 1. The molecule has 0 aliphatic heterocycles. The van der Waals surface area contributed by atoms with Crippen molar-refractivity contribution in [2.24, 2.45) is 0 Å². The van der Waals surface area contributed by atoms with E-state index in [0.29, 0.717) is 6.42 Å². The van der Waals surface area contributed by atoms with Gasteiger partial charge in [0.1, 0.15) is 5.82 Å². The molecule has 4 rings (SSSR count). The number of aromatic nitrogens is 3. The molecule has 0 atom stereocenters. The molecule has 0 fully saturated rings. The zero-order valence-electron chi connectivity index (χ0n) is 12.7. The Morgan fingerprint density at radius 1 is 1.17 bits per heavy atom. The van der Waals surface area contributed by atoms with Crippen molar-refractivity contribution in [2.45, 2.75) is 6.42 Å². The first-order valence-corrected chi connectivity index (χ1v) is 8.38. The van der Waals surface area contributed by atoms with Crippen LogP contribution in [0.2, 0.25) is 0 Å². The first-order valence-electron chi connectivity index (χ1n) is 7.50. The number of fused-ring (bicyclic) bond motifs is 1. The molecule has 1 amide bonds. The highest BCUT2D eigenvalue weighted by Crippen LogP contribution is 2.21. The van der Waals surface area contributed by atoms with Gasteiger partial charge in [-0.3, -0.25) is 9.78 Å². The van der Waals surface area contributed by atoms with E-state index < -0.39 is 0 Å². The Balaban J connectivity index is 1.49. The molecule has 6 heteroatoms. The number of benzene rings is 1. The Labute approximate surface area is 142 Å². The van der Waals surface area contributed by atoms with E-state index >= 15 is 0 Å². The number of amides is 1. The van der Waals surface area contributed by atoms with Crippen LogP contribution in [0.3, 0.4) is 0 Å². The summed E-state index contributed by atoms with van der Waals surface area (Å²) in [4.78, 5) is 24.9. The standard InChI is InChI=1S/C18H14N4OS/c23-17(10-14-2-1-9-24-14)20-13-5-3-12(4-6-13)18-21-15-7-8-19-11-16(15)22-18/h1-9,11H,10H2,(H,20,23)(H,21,22). The molecule has 118 valence electrons. The van der Waals surface area contributed by atoms with Crippen LogP contribution >= 0.6 is 11.3 Å². The highest BCUT2D eigenvalue weighted by Gasteiger charge is 2.07. The summed E-state index contributed by atoms with van der Waals surface area (Å²) in [7, 11) is 0. The Morgan fingerprint density at radius 2 is 2.04 bits per heavy atom. The summed E-state index contributed by atoms with van der Waals surface area (Å²) in [5.74, 6) is 0.773. The minimum absolute atomic E-state index is 0.0139. The smallest absolute Gasteiger partial charge is 0.229 e. The van der Waals surface area contributed by atoms with Crippen LogP contribution in [-0.4, -0.2) is 20.9 Å². The third-order valence-electron chi connectivity index (χ3n) is 3.64. The van der Waals surface area contributed by atoms with Gasteiger partial charge >= 0.3 is 0 Å². The molecule has 0 aliphatic rings. The molecule has 0 saturated carbocycles. The van der Waals surface area contributed by atoms with E-state index in [1.165, 1.54) is 0 Å². The third kappa shape index (κ3) is 3.04. The summed E-state index contributed by atoms with van der Waals surface area (Å²) in [6.07, 6.45) is 3.88. The van der Waals surface area contributed by atoms with E-state index in [4.69, 9.17) is 0 Å². The molecular weight excluding hydrogens is 320 g/mol. The lowest BCUT2D eigenvalue weighted by atomic mass is 10.2. The van der Waals surface area contributed by atoms with Gasteiger partial charge in [0.2, 0.25) is 5.91 Å². The lowest BCUT2D eigenvalue weighted by molar-refractivity contribution is -0.115. The summed E-state index contributed by atoms with van der Waals surface area (Å²) >= 11 is 1.59. The first-order chi connectivity index (χ1) is 11.8. The summed E-state index contributed by atoms with van der Waals surface area (Å²) < 4.78 is 0. The summed E-state index contributed by atoms with van der Waals surface area (Å²) in [5, 5.41) is 4.89. The second-order valence-electron chi connectivity index (χ2n) is 5.36. The van der Waals surface area contributed by atoms with Crippen molar-refractivity contribution in [1.82, 2.24) is 15.0 Å². The van der Waals surface area contributed by atoms with Gasteiger partial charge in [-0.25, -0.2) is 4.98 Å². The zero-order chi connectivity index (χ0) is 16.4. The molecule has 0 saturated heterocycles. The Bertz CT molecular complexity index is 941. The van der Waals surface area contributed by atoms with Crippen LogP contribution in [-0.2, 0) is 11.2 Å². The molecule has 0 radical (unpaired) electrons. The van der Waals surface area contributed by atoms with Gasteiger partial charge in [0.05, 0.1) is 23.7 Å². The predicted octanol–water partition coefficient (Wildman–Crippen LogP) is 3.87. The van der Waals surface area contributed by atoms with Gasteiger partial charge < -0.3 is 10.3 Å². The van der Waals surface area contributed by atoms with Crippen molar-refractivity contribution in [2.75, 3.05) is 5.32 Å². The van der Waals surface area contributed by atoms with Crippen LogP contribution in [0.25, 0.3) is 22.4 Å². The van der Waals surface area contributed by atoms with Crippen LogP contribution in [0.1, 0.15) is 4.88 Å². The van der Waals surface area contributed by atoms with E-state index in [2.05, 4.69) is 20.3 Å². The molecule has 0 aliphatic carbocycles. The monoisotopic (exact) mass is 334 g/mol. The van der Waals surface area contributed by atoms with Crippen molar-refractivity contribution < 1.29 is 4.79 Å². The average molecular weight is 334 g/mol. The van der Waals surface area contributed by atoms with Gasteiger partial charge in [-0.2, -0.15) is 0 Å². The molecule has 0 bridgehead atoms. The van der Waals surface area contributed by atoms with Gasteiger partial charge in [0, 0.05) is 22.3 Å². The number of anilines is 1. The number of hydrogen-bond acceptors (Lipinski definition) is 4. The number of nitrogens with zero attached hydrogens (tertiary/aromatic N) is 2. The second kappa shape index (κ2) is 6.25. The Kier molecular flexibility index (Phi) is 3.80. The Hall–Kier alpha value is -2.99. The third-order valence-corrected chi connectivity index (χ3v) is 4.52. The highest BCUT2D eigenvalue weighted by atomic mass is 32.1. The quantitative estimate of drug-likeness (QED) is 0.595. The van der Waals surface area contributed by atoms with Gasteiger partial charge in [0.15, 0.2) is 0 Å². The van der Waals surface area contributed by atoms with E-state index in [-0.39, 0.29) is 5.91 Å². The lowest BCUT2D eigenvalue weighted by Crippen LogP contribution is -2.13. The number of pyridine rings is 1. The van der Waals surface area contributed by atoms with Gasteiger partial charge in [-0.15, -0.1) is 11.3 Å². The molecule has 24 heavy (non-hydrogen) atoms. The van der Waals surface area contributed by atoms with Crippen molar-refractivity contribution in [3.63, 3.8) is 0 Å². The van der Waals surface area contributed by atoms with Crippen molar-refractivity contribution in [1.29, 1.82) is 0 Å². The molecule has 5 nitrogen and oxygen atoms in total. The highest BCUT2D eigenvalue weighted by molar-refractivity contribution is 7.10. The second-order valence-corrected chi connectivity index (χ2v) is 6.39. The maximum Gasteiger partial charge on any atom is 0.229 e. The van der Waals surface area contributed by atoms with Crippen molar-refractivity contribution in [3.05, 3.63) is 65.1 Å². The zero-order valence-corrected chi connectivity index (χ0v) is 13.5. The number of hydrogen-bond donors (Lipinski definition) is 2. The summed E-state index contributed by atoms with van der Waals surface area (Å²) in [6.45, 7) is 0. The van der Waals surface area contributed by atoms with E-state index in [9.17, 15) is 4.79 Å². The van der Waals surface area contributed by atoms with Gasteiger partial charge in [-0.1, -0.05) is 6.07 Å². The molecule has 1 aromatic carbocycles. The largest absolute Gasteiger partial charge is 0.337 e. The van der Waals surface area contributed by atoms with E-state index in [0.717, 1.165) is 33.0 Å². The molecular formula is C18H14N4OS. The maximum absolute atomic E-state index is 12.0. The van der Waals surface area contributed by atoms with Crippen LogP contribution in [0.5, 0.6) is 0 Å². The molecule has 3 aromatic heterocycles. The van der Waals surface area contributed by atoms with Crippen LogP contribution in [0.15, 0.2) is 60.2 Å². The lowest BCUT2D eigenvalue weighted by Gasteiger charge is -2.05. The topological polar surface area (TPSA) is 70.7 Å². The first kappa shape index (κ1) is 14.6. The minimum atomic E-state index is -0.0139. The van der Waals surface area contributed by atoms with E-state index in [1.54, 1.807) is 23.7 Å². The fourth-order valence-corrected chi connectivity index (χ4v) is 3.19. The fourth-order valence-electron chi connectivity index (χ4n) is 2.48. The number of carbonyl (C=O) groups is 1. The maximum atomic E-state index is 12.0. The van der Waals surface area contributed by atoms with Crippen LogP contribution < -0.4 is 5.32 Å². The van der Waals surface area contributed by atoms with Crippen molar-refractivity contribution >= 4 is 34.0 Å². The number of imidazole rings is 1. The van der Waals surface area contributed by atoms with Gasteiger partial charge in [0.25, 0.3) is 0 Å². The fraction of sp³-hybridized carbons (Fsp3) is 0.0556. The predicted molar refractivity (Wildman–Crippen MR) is 96.0 cm³/mol. The molecule has 2 N–H and O–H groups in total. The van der Waals surface area contributed by atoms with E-state index in [1.807, 2.05) is 47.8 Å². The normalized spacial score (nSPS) is 10.8. The number of nitrogens with one attached hydrogen (secondary N) is 2. The average Bonchev–Trinajstić information content (AvgIpc) is 3.24. The van der Waals surface area contributed by atoms with Crippen LogP contribution in [0, 0.1) is 0 Å².